The monoisotopic (exact) mass is 297 g/mol. The lowest BCUT2D eigenvalue weighted by atomic mass is 10.0. The minimum absolute atomic E-state index is 0.0756. The lowest BCUT2D eigenvalue weighted by Crippen LogP contribution is -2.46. The summed E-state index contributed by atoms with van der Waals surface area (Å²) in [5.41, 5.74) is 0.818. The molecule has 2 atom stereocenters. The summed E-state index contributed by atoms with van der Waals surface area (Å²) in [4.78, 5) is 23.4. The van der Waals surface area contributed by atoms with Crippen molar-refractivity contribution in [3.63, 3.8) is 0 Å². The Kier molecular flexibility index (Phi) is 7.21. The smallest absolute Gasteiger partial charge is 0.408 e. The number of hydrogen-bond donors (Lipinski definition) is 1. The Bertz CT molecular complexity index is 452. The highest BCUT2D eigenvalue weighted by atomic mass is 19.1. The average molecular weight is 297 g/mol. The molecule has 0 aromatic heterocycles. The summed E-state index contributed by atoms with van der Waals surface area (Å²) in [6, 6.07) is 8.05. The number of hydrogen-bond acceptors (Lipinski definition) is 4. The first-order valence-electron chi connectivity index (χ1n) is 6.78. The van der Waals surface area contributed by atoms with Crippen molar-refractivity contribution in [2.75, 3.05) is 13.3 Å². The lowest BCUT2D eigenvalue weighted by molar-refractivity contribution is -0.147. The molecular weight excluding hydrogens is 277 g/mol. The quantitative estimate of drug-likeness (QED) is 0.785. The van der Waals surface area contributed by atoms with Crippen LogP contribution in [-0.2, 0) is 20.9 Å². The van der Waals surface area contributed by atoms with Crippen molar-refractivity contribution < 1.29 is 23.5 Å². The number of amides is 1. The molecule has 0 saturated carbocycles. The van der Waals surface area contributed by atoms with E-state index < -0.39 is 30.7 Å². The lowest BCUT2D eigenvalue weighted by Gasteiger charge is -2.21. The summed E-state index contributed by atoms with van der Waals surface area (Å²) >= 11 is 0. The summed E-state index contributed by atoms with van der Waals surface area (Å²) < 4.78 is 22.6. The summed E-state index contributed by atoms with van der Waals surface area (Å²) in [6.07, 6.45) is -0.780. The van der Waals surface area contributed by atoms with E-state index in [0.717, 1.165) is 5.56 Å². The highest BCUT2D eigenvalue weighted by molar-refractivity contribution is 5.81. The molecule has 0 saturated heterocycles. The largest absolute Gasteiger partial charge is 0.464 e. The third kappa shape index (κ3) is 5.81. The van der Waals surface area contributed by atoms with Gasteiger partial charge in [-0.3, -0.25) is 4.39 Å². The van der Waals surface area contributed by atoms with Crippen molar-refractivity contribution in [1.29, 1.82) is 0 Å². The van der Waals surface area contributed by atoms with Crippen molar-refractivity contribution in [3.8, 4) is 0 Å². The Hall–Kier alpha value is -2.11. The van der Waals surface area contributed by atoms with Gasteiger partial charge in [0.25, 0.3) is 0 Å². The summed E-state index contributed by atoms with van der Waals surface area (Å²) in [7, 11) is 0. The van der Waals surface area contributed by atoms with Gasteiger partial charge in [-0.25, -0.2) is 9.59 Å². The predicted octanol–water partition coefficient (Wildman–Crippen LogP) is 2.45. The first-order chi connectivity index (χ1) is 10.1. The van der Waals surface area contributed by atoms with E-state index >= 15 is 0 Å². The van der Waals surface area contributed by atoms with Crippen molar-refractivity contribution in [3.05, 3.63) is 35.9 Å². The Morgan fingerprint density at radius 2 is 1.90 bits per heavy atom. The zero-order valence-electron chi connectivity index (χ0n) is 12.2. The summed E-state index contributed by atoms with van der Waals surface area (Å²) in [5, 5.41) is 2.35. The van der Waals surface area contributed by atoms with Crippen LogP contribution in [0.15, 0.2) is 30.3 Å². The molecular formula is C15H20FNO4. The van der Waals surface area contributed by atoms with E-state index in [-0.39, 0.29) is 13.2 Å². The standard InChI is InChI=1S/C15H20FNO4/c1-3-20-14(18)13(11(2)9-16)17-15(19)21-10-12-7-5-4-6-8-12/h4-8,11,13H,3,9-10H2,1-2H3,(H,17,19). The minimum atomic E-state index is -1.06. The van der Waals surface area contributed by atoms with Crippen LogP contribution in [0.4, 0.5) is 9.18 Å². The second-order valence-corrected chi connectivity index (χ2v) is 4.57. The molecule has 0 fully saturated rings. The van der Waals surface area contributed by atoms with Crippen LogP contribution < -0.4 is 5.32 Å². The molecule has 0 aliphatic heterocycles. The van der Waals surface area contributed by atoms with Gasteiger partial charge in [-0.2, -0.15) is 0 Å². The van der Waals surface area contributed by atoms with Crippen LogP contribution in [0, 0.1) is 5.92 Å². The molecule has 21 heavy (non-hydrogen) atoms. The number of alkyl halides is 1. The number of nitrogens with one attached hydrogen (secondary N) is 1. The van der Waals surface area contributed by atoms with Gasteiger partial charge in [-0.15, -0.1) is 0 Å². The number of rotatable bonds is 7. The van der Waals surface area contributed by atoms with Gasteiger partial charge in [0.1, 0.15) is 12.6 Å². The van der Waals surface area contributed by atoms with Crippen LogP contribution in [0.25, 0.3) is 0 Å². The highest BCUT2D eigenvalue weighted by Gasteiger charge is 2.28. The van der Waals surface area contributed by atoms with Gasteiger partial charge in [0, 0.05) is 5.92 Å². The van der Waals surface area contributed by atoms with Crippen LogP contribution in [0.3, 0.4) is 0 Å². The average Bonchev–Trinajstić information content (AvgIpc) is 2.51. The molecule has 0 aliphatic rings. The van der Waals surface area contributed by atoms with E-state index in [2.05, 4.69) is 5.32 Å². The number of carbonyl (C=O) groups excluding carboxylic acids is 2. The van der Waals surface area contributed by atoms with Gasteiger partial charge >= 0.3 is 12.1 Å². The van der Waals surface area contributed by atoms with Gasteiger partial charge in [-0.05, 0) is 12.5 Å². The molecule has 116 valence electrons. The third-order valence-corrected chi connectivity index (χ3v) is 2.84. The van der Waals surface area contributed by atoms with Crippen LogP contribution in [0.1, 0.15) is 19.4 Å². The molecule has 0 radical (unpaired) electrons. The fourth-order valence-corrected chi connectivity index (χ4v) is 1.65. The molecule has 0 bridgehead atoms. The molecule has 0 spiro atoms. The second-order valence-electron chi connectivity index (χ2n) is 4.57. The minimum Gasteiger partial charge on any atom is -0.464 e. The topological polar surface area (TPSA) is 64.6 Å². The maximum absolute atomic E-state index is 12.7. The van der Waals surface area contributed by atoms with Crippen molar-refractivity contribution in [2.24, 2.45) is 5.92 Å². The molecule has 1 aromatic carbocycles. The van der Waals surface area contributed by atoms with E-state index in [4.69, 9.17) is 9.47 Å². The van der Waals surface area contributed by atoms with Crippen molar-refractivity contribution >= 4 is 12.1 Å². The molecule has 1 amide bonds. The van der Waals surface area contributed by atoms with Gasteiger partial charge < -0.3 is 14.8 Å². The molecule has 2 unspecified atom stereocenters. The number of benzene rings is 1. The van der Waals surface area contributed by atoms with Crippen LogP contribution in [-0.4, -0.2) is 31.4 Å². The van der Waals surface area contributed by atoms with Crippen molar-refractivity contribution in [1.82, 2.24) is 5.32 Å². The molecule has 1 N–H and O–H groups in total. The number of halogens is 1. The first kappa shape index (κ1) is 16.9. The Balaban J connectivity index is 2.53. The van der Waals surface area contributed by atoms with E-state index in [0.29, 0.717) is 0 Å². The third-order valence-electron chi connectivity index (χ3n) is 2.84. The molecule has 1 rings (SSSR count). The van der Waals surface area contributed by atoms with E-state index in [1.165, 1.54) is 6.92 Å². The number of alkyl carbamates (subject to hydrolysis) is 1. The highest BCUT2D eigenvalue weighted by Crippen LogP contribution is 2.07. The maximum atomic E-state index is 12.7. The molecule has 6 heteroatoms. The number of esters is 1. The van der Waals surface area contributed by atoms with Gasteiger partial charge in [0.2, 0.25) is 0 Å². The normalized spacial score (nSPS) is 13.1. The first-order valence-corrected chi connectivity index (χ1v) is 6.78. The number of carbonyl (C=O) groups is 2. The Morgan fingerprint density at radius 1 is 1.24 bits per heavy atom. The van der Waals surface area contributed by atoms with Crippen LogP contribution in [0.2, 0.25) is 0 Å². The van der Waals surface area contributed by atoms with Gasteiger partial charge in [-0.1, -0.05) is 37.3 Å². The summed E-state index contributed by atoms with van der Waals surface area (Å²) in [5.74, 6) is -1.35. The SMILES string of the molecule is CCOC(=O)C(NC(=O)OCc1ccccc1)C(C)CF. The Morgan fingerprint density at radius 3 is 2.48 bits per heavy atom. The van der Waals surface area contributed by atoms with Gasteiger partial charge in [0.15, 0.2) is 0 Å². The van der Waals surface area contributed by atoms with Crippen LogP contribution >= 0.6 is 0 Å². The second kappa shape index (κ2) is 8.94. The fourth-order valence-electron chi connectivity index (χ4n) is 1.65. The molecule has 1 aromatic rings. The van der Waals surface area contributed by atoms with Crippen molar-refractivity contribution in [2.45, 2.75) is 26.5 Å². The molecule has 0 aliphatic carbocycles. The van der Waals surface area contributed by atoms with Gasteiger partial charge in [0.05, 0.1) is 13.3 Å². The zero-order chi connectivity index (χ0) is 15.7. The molecule has 5 nitrogen and oxygen atoms in total. The van der Waals surface area contributed by atoms with Crippen LogP contribution in [0.5, 0.6) is 0 Å². The summed E-state index contributed by atoms with van der Waals surface area (Å²) in [6.45, 7) is 2.64. The molecule has 0 heterocycles. The maximum Gasteiger partial charge on any atom is 0.408 e. The van der Waals surface area contributed by atoms with E-state index in [1.807, 2.05) is 18.2 Å². The fraction of sp³-hybridized carbons (Fsp3) is 0.467. The van der Waals surface area contributed by atoms with E-state index in [9.17, 15) is 14.0 Å². The number of ether oxygens (including phenoxy) is 2. The predicted molar refractivity (Wildman–Crippen MR) is 75.3 cm³/mol. The van der Waals surface area contributed by atoms with E-state index in [1.54, 1.807) is 19.1 Å². The Labute approximate surface area is 123 Å². The zero-order valence-corrected chi connectivity index (χ0v) is 12.2.